The Morgan fingerprint density at radius 3 is 2.50 bits per heavy atom. The number of amides is 1. The second kappa shape index (κ2) is 8.71. The van der Waals surface area contributed by atoms with Gasteiger partial charge in [0.1, 0.15) is 14.8 Å². The van der Waals surface area contributed by atoms with Crippen LogP contribution in [0.2, 0.25) is 0 Å². The molecule has 1 amide bonds. The smallest absolute Gasteiger partial charge is 0.265 e. The number of piperidine rings is 1. The Bertz CT molecular complexity index is 1270. The third-order valence-corrected chi connectivity index (χ3v) is 8.57. The molecule has 0 aliphatic carbocycles. The lowest BCUT2D eigenvalue weighted by atomic mass is 10.1. The van der Waals surface area contributed by atoms with Gasteiger partial charge in [-0.15, -0.1) is 11.3 Å². The molecule has 3 heterocycles. The van der Waals surface area contributed by atoms with Crippen LogP contribution in [0, 0.1) is 20.8 Å². The molecule has 1 fully saturated rings. The normalized spacial score (nSPS) is 14.6. The number of aromatic nitrogens is 2. The molecule has 0 radical (unpaired) electrons. The van der Waals surface area contributed by atoms with Gasteiger partial charge in [0.15, 0.2) is 0 Å². The quantitative estimate of drug-likeness (QED) is 0.593. The molecule has 32 heavy (non-hydrogen) atoms. The summed E-state index contributed by atoms with van der Waals surface area (Å²) in [6.07, 6.45) is 3.22. The van der Waals surface area contributed by atoms with E-state index in [0.717, 1.165) is 37.9 Å². The van der Waals surface area contributed by atoms with Crippen molar-refractivity contribution >= 4 is 33.0 Å². The highest BCUT2D eigenvalue weighted by Crippen LogP contribution is 2.33. The molecule has 7 nitrogen and oxygen atoms in total. The summed E-state index contributed by atoms with van der Waals surface area (Å²) in [5.41, 5.74) is 3.46. The molecule has 1 aliphatic rings. The number of aryl methyl sites for hydroxylation is 2. The van der Waals surface area contributed by atoms with E-state index < -0.39 is 10.0 Å². The summed E-state index contributed by atoms with van der Waals surface area (Å²) in [6.45, 7) is 7.08. The van der Waals surface area contributed by atoms with Gasteiger partial charge in [-0.1, -0.05) is 12.1 Å². The Kier molecular flexibility index (Phi) is 6.13. The summed E-state index contributed by atoms with van der Waals surface area (Å²) in [5, 5.41) is 0.644. The van der Waals surface area contributed by atoms with E-state index in [1.54, 1.807) is 25.1 Å². The molecule has 1 saturated heterocycles. The van der Waals surface area contributed by atoms with Crippen molar-refractivity contribution in [3.63, 3.8) is 0 Å². The van der Waals surface area contributed by atoms with Crippen molar-refractivity contribution in [1.29, 1.82) is 0 Å². The van der Waals surface area contributed by atoms with Crippen LogP contribution in [0.1, 0.15) is 45.9 Å². The third kappa shape index (κ3) is 4.31. The number of nitrogens with zero attached hydrogens (tertiary/aromatic N) is 3. The minimum absolute atomic E-state index is 0.0193. The second-order valence-electron chi connectivity index (χ2n) is 8.30. The Balaban J connectivity index is 1.66. The van der Waals surface area contributed by atoms with E-state index >= 15 is 0 Å². The zero-order valence-corrected chi connectivity index (χ0v) is 20.4. The Morgan fingerprint density at radius 1 is 1.09 bits per heavy atom. The molecule has 4 rings (SSSR count). The monoisotopic (exact) mass is 472 g/mol. The van der Waals surface area contributed by atoms with Crippen LogP contribution in [0.5, 0.6) is 0 Å². The molecule has 0 spiro atoms. The van der Waals surface area contributed by atoms with E-state index in [-0.39, 0.29) is 10.8 Å². The Hall–Kier alpha value is -2.65. The first-order valence-corrected chi connectivity index (χ1v) is 13.0. The van der Waals surface area contributed by atoms with Gasteiger partial charge in [0.2, 0.25) is 0 Å². The highest BCUT2D eigenvalue weighted by atomic mass is 32.2. The molecule has 1 aliphatic heterocycles. The number of rotatable bonds is 5. The van der Waals surface area contributed by atoms with Gasteiger partial charge < -0.3 is 9.47 Å². The molecule has 0 unspecified atom stereocenters. The Morgan fingerprint density at radius 2 is 1.81 bits per heavy atom. The van der Waals surface area contributed by atoms with E-state index in [2.05, 4.69) is 9.71 Å². The highest BCUT2D eigenvalue weighted by molar-refractivity contribution is 7.92. The first-order valence-electron chi connectivity index (χ1n) is 10.7. The van der Waals surface area contributed by atoms with Gasteiger partial charge in [0.05, 0.1) is 11.4 Å². The zero-order chi connectivity index (χ0) is 23.0. The van der Waals surface area contributed by atoms with Crippen molar-refractivity contribution < 1.29 is 13.2 Å². The van der Waals surface area contributed by atoms with Crippen LogP contribution in [0.25, 0.3) is 10.7 Å². The number of benzene rings is 1. The van der Waals surface area contributed by atoms with Crippen molar-refractivity contribution in [1.82, 2.24) is 14.5 Å². The minimum atomic E-state index is -3.78. The van der Waals surface area contributed by atoms with Gasteiger partial charge in [-0.3, -0.25) is 9.52 Å². The molecule has 3 aromatic rings. The van der Waals surface area contributed by atoms with Crippen molar-refractivity contribution in [2.45, 2.75) is 44.9 Å². The van der Waals surface area contributed by atoms with E-state index in [0.29, 0.717) is 32.7 Å². The van der Waals surface area contributed by atoms with E-state index in [1.165, 1.54) is 11.3 Å². The number of carbonyl (C=O) groups is 1. The number of sulfonamides is 1. The highest BCUT2D eigenvalue weighted by Gasteiger charge is 2.27. The van der Waals surface area contributed by atoms with E-state index in [4.69, 9.17) is 0 Å². The fourth-order valence-electron chi connectivity index (χ4n) is 4.01. The van der Waals surface area contributed by atoms with Crippen LogP contribution in [0.15, 0.2) is 35.2 Å². The van der Waals surface area contributed by atoms with Gasteiger partial charge in [-0.25, -0.2) is 13.4 Å². The first-order chi connectivity index (χ1) is 15.2. The number of carbonyl (C=O) groups excluding carboxylic acids is 1. The summed E-state index contributed by atoms with van der Waals surface area (Å²) < 4.78 is 30.7. The molecule has 2 aromatic heterocycles. The molecular formula is C23H28N4O3S2. The zero-order valence-electron chi connectivity index (χ0n) is 18.8. The summed E-state index contributed by atoms with van der Waals surface area (Å²) in [5.74, 6) is 0.0193. The SMILES string of the molecule is Cc1cccc(NS(=O)(=O)c2cc(-c3nc(C)c(C(=O)N4CCCCC4)s3)n(C)c2C)c1. The molecule has 1 aromatic carbocycles. The maximum absolute atomic E-state index is 13.1. The third-order valence-electron chi connectivity index (χ3n) is 5.90. The van der Waals surface area contributed by atoms with Crippen LogP contribution < -0.4 is 4.72 Å². The van der Waals surface area contributed by atoms with Gasteiger partial charge in [0.25, 0.3) is 15.9 Å². The number of nitrogens with one attached hydrogen (secondary N) is 1. The molecule has 0 saturated carbocycles. The van der Waals surface area contributed by atoms with Gasteiger partial charge in [-0.05, 0) is 63.8 Å². The maximum atomic E-state index is 13.1. The topological polar surface area (TPSA) is 84.3 Å². The fraction of sp³-hybridized carbons (Fsp3) is 0.391. The van der Waals surface area contributed by atoms with Crippen LogP contribution >= 0.6 is 11.3 Å². The molecule has 9 heteroatoms. The molecule has 0 bridgehead atoms. The first kappa shape index (κ1) is 22.5. The predicted molar refractivity (Wildman–Crippen MR) is 128 cm³/mol. The summed E-state index contributed by atoms with van der Waals surface area (Å²) in [4.78, 5) is 20.3. The van der Waals surface area contributed by atoms with Crippen molar-refractivity contribution in [2.75, 3.05) is 17.8 Å². The number of thiazole rings is 1. The lowest BCUT2D eigenvalue weighted by Crippen LogP contribution is -2.35. The predicted octanol–water partition coefficient (Wildman–Crippen LogP) is 4.50. The fourth-order valence-corrected chi connectivity index (χ4v) is 6.44. The van der Waals surface area contributed by atoms with Crippen molar-refractivity contribution in [2.24, 2.45) is 7.05 Å². The lowest BCUT2D eigenvalue weighted by molar-refractivity contribution is 0.0728. The van der Waals surface area contributed by atoms with E-state index in [1.807, 2.05) is 42.5 Å². The largest absolute Gasteiger partial charge is 0.345 e. The summed E-state index contributed by atoms with van der Waals surface area (Å²) in [7, 11) is -1.96. The molecule has 1 N–H and O–H groups in total. The minimum Gasteiger partial charge on any atom is -0.345 e. The Labute approximate surface area is 193 Å². The maximum Gasteiger partial charge on any atom is 0.265 e. The molecule has 0 atom stereocenters. The number of anilines is 1. The van der Waals surface area contributed by atoms with Crippen molar-refractivity contribution in [3.8, 4) is 10.7 Å². The number of hydrogen-bond donors (Lipinski definition) is 1. The van der Waals surface area contributed by atoms with Crippen molar-refractivity contribution in [3.05, 3.63) is 52.2 Å². The summed E-state index contributed by atoms with van der Waals surface area (Å²) in [6, 6.07) is 8.89. The van der Waals surface area contributed by atoms with Crippen LogP contribution in [0.4, 0.5) is 5.69 Å². The average Bonchev–Trinajstić information content (AvgIpc) is 3.28. The second-order valence-corrected chi connectivity index (χ2v) is 10.9. The molecule has 170 valence electrons. The van der Waals surface area contributed by atoms with Gasteiger partial charge in [-0.2, -0.15) is 0 Å². The van der Waals surface area contributed by atoms with Crippen LogP contribution in [-0.2, 0) is 17.1 Å². The molecular weight excluding hydrogens is 444 g/mol. The van der Waals surface area contributed by atoms with Crippen LogP contribution in [-0.4, -0.2) is 41.9 Å². The number of likely N-dealkylation sites (tertiary alicyclic amines) is 1. The van der Waals surface area contributed by atoms with E-state index in [9.17, 15) is 13.2 Å². The van der Waals surface area contributed by atoms with Gasteiger partial charge >= 0.3 is 0 Å². The lowest BCUT2D eigenvalue weighted by Gasteiger charge is -2.26. The average molecular weight is 473 g/mol. The number of hydrogen-bond acceptors (Lipinski definition) is 5. The van der Waals surface area contributed by atoms with Gasteiger partial charge in [0, 0.05) is 31.5 Å². The van der Waals surface area contributed by atoms with Crippen LogP contribution in [0.3, 0.4) is 0 Å². The standard InChI is InChI=1S/C23H28N4O3S2/c1-15-9-8-10-18(13-15)25-32(29,30)20-14-19(26(4)17(20)3)22-24-16(2)21(31-22)23(28)27-11-6-5-7-12-27/h8-10,13-14,25H,5-7,11-12H2,1-4H3. The summed E-state index contributed by atoms with van der Waals surface area (Å²) >= 11 is 1.33.